The smallest absolute Gasteiger partial charge is 0.241 e. The molecule has 0 saturated carbocycles. The number of hydrogen-bond acceptors (Lipinski definition) is 2. The number of nitrogens with one attached hydrogen (secondary N) is 2. The molecule has 1 saturated heterocycles. The minimum absolute atomic E-state index is 0.0637. The number of fused-ring (bicyclic) bond motifs is 1. The van der Waals surface area contributed by atoms with E-state index in [4.69, 9.17) is 0 Å². The molecule has 4 heteroatoms. The molecule has 0 unspecified atom stereocenters. The summed E-state index contributed by atoms with van der Waals surface area (Å²) in [6.45, 7) is 0.930. The van der Waals surface area contributed by atoms with Crippen molar-refractivity contribution >= 4 is 38.3 Å². The fourth-order valence-electron chi connectivity index (χ4n) is 2.67. The van der Waals surface area contributed by atoms with Crippen LogP contribution in [0.4, 0.5) is 5.69 Å². The van der Waals surface area contributed by atoms with Gasteiger partial charge in [-0.3, -0.25) is 4.79 Å². The summed E-state index contributed by atoms with van der Waals surface area (Å²) >= 11 is 3.55. The Bertz CT molecular complexity index is 635. The lowest BCUT2D eigenvalue weighted by molar-refractivity contribution is -0.118. The Morgan fingerprint density at radius 2 is 1.95 bits per heavy atom. The van der Waals surface area contributed by atoms with Crippen LogP contribution in [0.2, 0.25) is 0 Å². The molecule has 0 aromatic heterocycles. The van der Waals surface area contributed by atoms with Crippen molar-refractivity contribution in [1.29, 1.82) is 0 Å². The number of carbonyl (C=O) groups excluding carboxylic acids is 1. The van der Waals surface area contributed by atoms with Crippen LogP contribution in [0.25, 0.3) is 10.8 Å². The molecule has 2 aromatic carbocycles. The normalized spacial score (nSPS) is 18.9. The number of piperidine rings is 1. The van der Waals surface area contributed by atoms with Crippen molar-refractivity contribution in [3.63, 3.8) is 0 Å². The van der Waals surface area contributed by atoms with E-state index in [1.165, 1.54) is 0 Å². The van der Waals surface area contributed by atoms with Crippen LogP contribution in [-0.4, -0.2) is 18.5 Å². The number of halogens is 1. The first-order valence-electron chi connectivity index (χ1n) is 6.97. The van der Waals surface area contributed by atoms with Gasteiger partial charge in [0.2, 0.25) is 5.91 Å². The van der Waals surface area contributed by atoms with E-state index in [0.29, 0.717) is 0 Å². The number of amides is 1. The van der Waals surface area contributed by atoms with Gasteiger partial charge < -0.3 is 10.6 Å². The summed E-state index contributed by atoms with van der Waals surface area (Å²) in [5.74, 6) is 0.0668. The highest BCUT2D eigenvalue weighted by Crippen LogP contribution is 2.30. The standard InChI is InChI=1S/C16H17BrN2O/c17-13-8-9-14(12-6-2-1-5-11(12)13)19-16(20)15-7-3-4-10-18-15/h1-2,5-6,8-9,15,18H,3-4,7,10H2,(H,19,20)/t15-/m1/s1. The minimum atomic E-state index is -0.0637. The molecule has 1 amide bonds. The van der Waals surface area contributed by atoms with Crippen molar-refractivity contribution < 1.29 is 4.79 Å². The third-order valence-corrected chi connectivity index (χ3v) is 4.45. The largest absolute Gasteiger partial charge is 0.324 e. The SMILES string of the molecule is O=C(Nc1ccc(Br)c2ccccc12)[C@H]1CCCCN1. The monoisotopic (exact) mass is 332 g/mol. The van der Waals surface area contributed by atoms with E-state index >= 15 is 0 Å². The Labute approximate surface area is 126 Å². The molecule has 104 valence electrons. The van der Waals surface area contributed by atoms with Gasteiger partial charge in [-0.15, -0.1) is 0 Å². The van der Waals surface area contributed by atoms with Crippen molar-refractivity contribution in [2.24, 2.45) is 0 Å². The van der Waals surface area contributed by atoms with Crippen molar-refractivity contribution in [2.45, 2.75) is 25.3 Å². The summed E-state index contributed by atoms with van der Waals surface area (Å²) in [7, 11) is 0. The average molecular weight is 333 g/mol. The Morgan fingerprint density at radius 1 is 1.15 bits per heavy atom. The first-order chi connectivity index (χ1) is 9.75. The maximum Gasteiger partial charge on any atom is 0.241 e. The quantitative estimate of drug-likeness (QED) is 0.880. The zero-order valence-electron chi connectivity index (χ0n) is 11.2. The van der Waals surface area contributed by atoms with E-state index in [0.717, 1.165) is 46.7 Å². The van der Waals surface area contributed by atoms with Crippen LogP contribution in [0.15, 0.2) is 40.9 Å². The van der Waals surface area contributed by atoms with Gasteiger partial charge in [0.1, 0.15) is 0 Å². The Balaban J connectivity index is 1.87. The molecular formula is C16H17BrN2O. The molecule has 0 spiro atoms. The van der Waals surface area contributed by atoms with E-state index in [2.05, 4.69) is 26.6 Å². The van der Waals surface area contributed by atoms with Gasteiger partial charge in [-0.25, -0.2) is 0 Å². The van der Waals surface area contributed by atoms with Crippen molar-refractivity contribution in [2.75, 3.05) is 11.9 Å². The molecule has 0 aliphatic carbocycles. The van der Waals surface area contributed by atoms with Gasteiger partial charge in [0, 0.05) is 15.5 Å². The zero-order chi connectivity index (χ0) is 13.9. The summed E-state index contributed by atoms with van der Waals surface area (Å²) in [5, 5.41) is 8.51. The van der Waals surface area contributed by atoms with Crippen LogP contribution in [0.3, 0.4) is 0 Å². The highest BCUT2D eigenvalue weighted by molar-refractivity contribution is 9.10. The molecule has 0 bridgehead atoms. The highest BCUT2D eigenvalue weighted by Gasteiger charge is 2.20. The molecule has 1 fully saturated rings. The predicted octanol–water partition coefficient (Wildman–Crippen LogP) is 3.68. The fraction of sp³-hybridized carbons (Fsp3) is 0.312. The molecular weight excluding hydrogens is 316 g/mol. The molecule has 2 aromatic rings. The van der Waals surface area contributed by atoms with Crippen LogP contribution in [0.1, 0.15) is 19.3 Å². The Hall–Kier alpha value is -1.39. The first-order valence-corrected chi connectivity index (χ1v) is 7.76. The van der Waals surface area contributed by atoms with Gasteiger partial charge in [0.15, 0.2) is 0 Å². The molecule has 1 aliphatic rings. The van der Waals surface area contributed by atoms with Gasteiger partial charge in [-0.2, -0.15) is 0 Å². The van der Waals surface area contributed by atoms with E-state index < -0.39 is 0 Å². The fourth-order valence-corrected chi connectivity index (χ4v) is 3.14. The van der Waals surface area contributed by atoms with Crippen LogP contribution >= 0.6 is 15.9 Å². The molecule has 1 atom stereocenters. The molecule has 1 heterocycles. The Kier molecular flexibility index (Phi) is 4.03. The van der Waals surface area contributed by atoms with Crippen LogP contribution in [0.5, 0.6) is 0 Å². The average Bonchev–Trinajstić information content (AvgIpc) is 2.51. The maximum atomic E-state index is 12.3. The van der Waals surface area contributed by atoms with Crippen LogP contribution < -0.4 is 10.6 Å². The maximum absolute atomic E-state index is 12.3. The second kappa shape index (κ2) is 5.94. The van der Waals surface area contributed by atoms with E-state index in [1.54, 1.807) is 0 Å². The third-order valence-electron chi connectivity index (χ3n) is 3.76. The van der Waals surface area contributed by atoms with Crippen molar-refractivity contribution in [3.05, 3.63) is 40.9 Å². The number of benzene rings is 2. The van der Waals surface area contributed by atoms with Crippen LogP contribution in [0, 0.1) is 0 Å². The number of hydrogen-bond donors (Lipinski definition) is 2. The lowest BCUT2D eigenvalue weighted by atomic mass is 10.0. The number of carbonyl (C=O) groups is 1. The predicted molar refractivity (Wildman–Crippen MR) is 85.9 cm³/mol. The molecule has 3 nitrogen and oxygen atoms in total. The highest BCUT2D eigenvalue weighted by atomic mass is 79.9. The first kappa shape index (κ1) is 13.6. The van der Waals surface area contributed by atoms with Gasteiger partial charge in [-0.05, 0) is 36.9 Å². The van der Waals surface area contributed by atoms with Gasteiger partial charge in [-0.1, -0.05) is 46.6 Å². The number of anilines is 1. The second-order valence-electron chi connectivity index (χ2n) is 5.13. The lowest BCUT2D eigenvalue weighted by Gasteiger charge is -2.23. The van der Waals surface area contributed by atoms with Crippen LogP contribution in [-0.2, 0) is 4.79 Å². The third kappa shape index (κ3) is 2.72. The van der Waals surface area contributed by atoms with Crippen molar-refractivity contribution in [1.82, 2.24) is 5.32 Å². The van der Waals surface area contributed by atoms with E-state index in [9.17, 15) is 4.79 Å². The summed E-state index contributed by atoms with van der Waals surface area (Å²) in [6.07, 6.45) is 3.19. The molecule has 20 heavy (non-hydrogen) atoms. The van der Waals surface area contributed by atoms with E-state index in [1.807, 2.05) is 36.4 Å². The van der Waals surface area contributed by atoms with Crippen molar-refractivity contribution in [3.8, 4) is 0 Å². The van der Waals surface area contributed by atoms with Gasteiger partial charge in [0.05, 0.1) is 6.04 Å². The topological polar surface area (TPSA) is 41.1 Å². The summed E-state index contributed by atoms with van der Waals surface area (Å²) in [6, 6.07) is 11.9. The lowest BCUT2D eigenvalue weighted by Crippen LogP contribution is -2.43. The molecule has 3 rings (SSSR count). The Morgan fingerprint density at radius 3 is 2.70 bits per heavy atom. The number of rotatable bonds is 2. The minimum Gasteiger partial charge on any atom is -0.324 e. The summed E-state index contributed by atoms with van der Waals surface area (Å²) in [4.78, 5) is 12.3. The van der Waals surface area contributed by atoms with E-state index in [-0.39, 0.29) is 11.9 Å². The second-order valence-corrected chi connectivity index (χ2v) is 5.99. The summed E-state index contributed by atoms with van der Waals surface area (Å²) in [5.41, 5.74) is 0.876. The van der Waals surface area contributed by atoms with Gasteiger partial charge in [0.25, 0.3) is 0 Å². The molecule has 2 N–H and O–H groups in total. The summed E-state index contributed by atoms with van der Waals surface area (Å²) < 4.78 is 1.04. The zero-order valence-corrected chi connectivity index (χ0v) is 12.7. The van der Waals surface area contributed by atoms with Gasteiger partial charge >= 0.3 is 0 Å². The molecule has 0 radical (unpaired) electrons. The molecule has 1 aliphatic heterocycles.